The lowest BCUT2D eigenvalue weighted by Gasteiger charge is -2.30. The summed E-state index contributed by atoms with van der Waals surface area (Å²) < 4.78 is 0. The summed E-state index contributed by atoms with van der Waals surface area (Å²) in [7, 11) is 0. The molecular weight excluding hydrogens is 244 g/mol. The fraction of sp³-hybridized carbons (Fsp3) is 0.857. The molecule has 110 valence electrons. The molecule has 0 radical (unpaired) electrons. The van der Waals surface area contributed by atoms with Crippen LogP contribution in [0, 0.1) is 5.41 Å². The number of nitrogens with zero attached hydrogens (tertiary/aromatic N) is 1. The average Bonchev–Trinajstić information content (AvgIpc) is 2.74. The van der Waals surface area contributed by atoms with Gasteiger partial charge in [-0.15, -0.1) is 0 Å². The molecule has 0 aliphatic carbocycles. The smallest absolute Gasteiger partial charge is 0.242 e. The summed E-state index contributed by atoms with van der Waals surface area (Å²) in [5.41, 5.74) is -0.456. The van der Waals surface area contributed by atoms with E-state index in [2.05, 4.69) is 5.32 Å². The summed E-state index contributed by atoms with van der Waals surface area (Å²) in [6.07, 6.45) is 1.71. The van der Waals surface area contributed by atoms with Crippen LogP contribution in [0.25, 0.3) is 0 Å². The van der Waals surface area contributed by atoms with Crippen LogP contribution >= 0.6 is 0 Å². The van der Waals surface area contributed by atoms with Crippen LogP contribution in [0.1, 0.15) is 47.0 Å². The van der Waals surface area contributed by atoms with Gasteiger partial charge >= 0.3 is 0 Å². The molecule has 0 spiro atoms. The Kier molecular flexibility index (Phi) is 5.35. The van der Waals surface area contributed by atoms with Crippen molar-refractivity contribution < 1.29 is 14.7 Å². The molecule has 2 unspecified atom stereocenters. The van der Waals surface area contributed by atoms with Crippen molar-refractivity contribution in [2.24, 2.45) is 5.41 Å². The van der Waals surface area contributed by atoms with Crippen molar-refractivity contribution in [3.05, 3.63) is 0 Å². The lowest BCUT2D eigenvalue weighted by molar-refractivity contribution is -0.144. The number of aliphatic hydroxyl groups excluding tert-OH is 1. The van der Waals surface area contributed by atoms with Gasteiger partial charge in [-0.1, -0.05) is 20.8 Å². The highest BCUT2D eigenvalue weighted by molar-refractivity contribution is 5.90. The van der Waals surface area contributed by atoms with E-state index in [0.29, 0.717) is 19.5 Å². The molecule has 5 nitrogen and oxygen atoms in total. The van der Waals surface area contributed by atoms with Gasteiger partial charge in [-0.25, -0.2) is 0 Å². The zero-order valence-corrected chi connectivity index (χ0v) is 12.4. The maximum atomic E-state index is 12.3. The molecule has 2 amide bonds. The Morgan fingerprint density at radius 3 is 2.58 bits per heavy atom. The summed E-state index contributed by atoms with van der Waals surface area (Å²) in [6, 6.07) is -0.347. The molecule has 1 aliphatic rings. The number of carbonyl (C=O) groups is 2. The Hall–Kier alpha value is -1.10. The molecule has 1 saturated heterocycles. The zero-order valence-electron chi connectivity index (χ0n) is 12.4. The third-order valence-corrected chi connectivity index (χ3v) is 3.32. The quantitative estimate of drug-likeness (QED) is 0.798. The maximum absolute atomic E-state index is 12.3. The summed E-state index contributed by atoms with van der Waals surface area (Å²) in [4.78, 5) is 26.0. The van der Waals surface area contributed by atoms with E-state index in [-0.39, 0.29) is 17.9 Å². The Labute approximate surface area is 115 Å². The largest absolute Gasteiger partial charge is 0.393 e. The number of amides is 2. The molecule has 1 aliphatic heterocycles. The summed E-state index contributed by atoms with van der Waals surface area (Å²) in [6.45, 7) is 8.41. The first-order valence-electron chi connectivity index (χ1n) is 7.00. The molecule has 2 atom stereocenters. The molecule has 19 heavy (non-hydrogen) atoms. The van der Waals surface area contributed by atoms with Crippen molar-refractivity contribution >= 4 is 11.8 Å². The molecule has 1 rings (SSSR count). The van der Waals surface area contributed by atoms with Gasteiger partial charge in [0.05, 0.1) is 6.10 Å². The Balaban J connectivity index is 2.56. The molecule has 1 fully saturated rings. The lowest BCUT2D eigenvalue weighted by atomic mass is 9.94. The third kappa shape index (κ3) is 4.49. The number of rotatable bonds is 4. The van der Waals surface area contributed by atoms with Crippen LogP contribution in [-0.2, 0) is 9.59 Å². The van der Waals surface area contributed by atoms with E-state index >= 15 is 0 Å². The van der Waals surface area contributed by atoms with Crippen LogP contribution in [0.5, 0.6) is 0 Å². The normalized spacial score (nSPS) is 21.3. The number of hydrogen-bond acceptors (Lipinski definition) is 3. The molecule has 0 bridgehead atoms. The molecule has 1 heterocycles. The van der Waals surface area contributed by atoms with Crippen molar-refractivity contribution in [3.63, 3.8) is 0 Å². The molecule has 0 aromatic heterocycles. The van der Waals surface area contributed by atoms with Gasteiger partial charge in [0.25, 0.3) is 0 Å². The maximum Gasteiger partial charge on any atom is 0.242 e. The van der Waals surface area contributed by atoms with E-state index in [1.165, 1.54) is 0 Å². The van der Waals surface area contributed by atoms with Crippen molar-refractivity contribution in [2.75, 3.05) is 13.1 Å². The van der Waals surface area contributed by atoms with Gasteiger partial charge in [0.2, 0.25) is 11.8 Å². The highest BCUT2D eigenvalue weighted by atomic mass is 16.3. The molecule has 2 N–H and O–H groups in total. The minimum Gasteiger partial charge on any atom is -0.393 e. The first-order chi connectivity index (χ1) is 8.73. The number of nitrogens with one attached hydrogen (secondary N) is 1. The fourth-order valence-electron chi connectivity index (χ4n) is 2.24. The minimum absolute atomic E-state index is 0.0284. The van der Waals surface area contributed by atoms with Crippen molar-refractivity contribution in [3.8, 4) is 0 Å². The van der Waals surface area contributed by atoms with E-state index < -0.39 is 11.5 Å². The van der Waals surface area contributed by atoms with Crippen LogP contribution in [-0.4, -0.2) is 47.1 Å². The molecule has 0 saturated carbocycles. The predicted molar refractivity (Wildman–Crippen MR) is 73.5 cm³/mol. The van der Waals surface area contributed by atoms with Crippen LogP contribution in [0.4, 0.5) is 0 Å². The highest BCUT2D eigenvalue weighted by Gasteiger charge is 2.38. The first kappa shape index (κ1) is 16.0. The second-order valence-electron chi connectivity index (χ2n) is 6.34. The first-order valence-corrected chi connectivity index (χ1v) is 7.00. The number of aliphatic hydroxyl groups is 1. The summed E-state index contributed by atoms with van der Waals surface area (Å²) in [5, 5.41) is 12.0. The van der Waals surface area contributed by atoms with E-state index in [0.717, 1.165) is 12.8 Å². The van der Waals surface area contributed by atoms with Gasteiger partial charge in [0.15, 0.2) is 0 Å². The van der Waals surface area contributed by atoms with Crippen LogP contribution in [0.2, 0.25) is 0 Å². The molecule has 5 heteroatoms. The van der Waals surface area contributed by atoms with E-state index in [4.69, 9.17) is 5.11 Å². The molecule has 0 aromatic rings. The zero-order chi connectivity index (χ0) is 14.6. The number of likely N-dealkylation sites (tertiary alicyclic amines) is 1. The van der Waals surface area contributed by atoms with E-state index in [1.54, 1.807) is 11.8 Å². The topological polar surface area (TPSA) is 69.6 Å². The lowest BCUT2D eigenvalue weighted by Crippen LogP contribution is -2.49. The Morgan fingerprint density at radius 1 is 1.42 bits per heavy atom. The van der Waals surface area contributed by atoms with Crippen LogP contribution in [0.15, 0.2) is 0 Å². The second kappa shape index (κ2) is 6.37. The monoisotopic (exact) mass is 270 g/mol. The highest BCUT2D eigenvalue weighted by Crippen LogP contribution is 2.25. The Morgan fingerprint density at radius 2 is 2.05 bits per heavy atom. The number of carbonyl (C=O) groups excluding carboxylic acids is 2. The third-order valence-electron chi connectivity index (χ3n) is 3.32. The summed E-state index contributed by atoms with van der Waals surface area (Å²) >= 11 is 0. The minimum atomic E-state index is -0.456. The van der Waals surface area contributed by atoms with Gasteiger partial charge in [-0.05, 0) is 26.2 Å². The standard InChI is InChI=1S/C14H26N2O3/c1-10(17)7-8-15-12(18)11-6-5-9-16(11)13(19)14(2,3)4/h10-11,17H,5-9H2,1-4H3,(H,15,18). The van der Waals surface area contributed by atoms with Crippen LogP contribution < -0.4 is 5.32 Å². The van der Waals surface area contributed by atoms with Crippen molar-refractivity contribution in [1.29, 1.82) is 0 Å². The van der Waals surface area contributed by atoms with E-state index in [9.17, 15) is 9.59 Å². The Bertz CT molecular complexity index is 334. The molecule has 0 aromatic carbocycles. The van der Waals surface area contributed by atoms with Gasteiger partial charge in [0, 0.05) is 18.5 Å². The molecular formula is C14H26N2O3. The van der Waals surface area contributed by atoms with Gasteiger partial charge in [-0.3, -0.25) is 9.59 Å². The van der Waals surface area contributed by atoms with Crippen molar-refractivity contribution in [2.45, 2.75) is 59.1 Å². The number of hydrogen-bond donors (Lipinski definition) is 2. The van der Waals surface area contributed by atoms with Crippen LogP contribution in [0.3, 0.4) is 0 Å². The predicted octanol–water partition coefficient (Wildman–Crippen LogP) is 0.911. The average molecular weight is 270 g/mol. The van der Waals surface area contributed by atoms with Gasteiger partial charge in [0.1, 0.15) is 6.04 Å². The fourth-order valence-corrected chi connectivity index (χ4v) is 2.24. The van der Waals surface area contributed by atoms with Gasteiger partial charge < -0.3 is 15.3 Å². The van der Waals surface area contributed by atoms with Crippen molar-refractivity contribution in [1.82, 2.24) is 10.2 Å². The van der Waals surface area contributed by atoms with E-state index in [1.807, 2.05) is 20.8 Å². The van der Waals surface area contributed by atoms with Gasteiger partial charge in [-0.2, -0.15) is 0 Å². The SMILES string of the molecule is CC(O)CCNC(=O)C1CCCN1C(=O)C(C)(C)C. The summed E-state index contributed by atoms with van der Waals surface area (Å²) in [5.74, 6) is -0.0728. The second-order valence-corrected chi connectivity index (χ2v) is 6.34.